The highest BCUT2D eigenvalue weighted by Crippen LogP contribution is 2.20. The fourth-order valence-electron chi connectivity index (χ4n) is 1.50. The maximum Gasteiger partial charge on any atom is 0.141 e. The van der Waals surface area contributed by atoms with Crippen LogP contribution in [0.4, 0.5) is 4.39 Å². The van der Waals surface area contributed by atoms with Crippen LogP contribution < -0.4 is 0 Å². The summed E-state index contributed by atoms with van der Waals surface area (Å²) in [6, 6.07) is 1.34. The molecule has 1 aromatic rings. The number of hydrogen-bond acceptors (Lipinski definition) is 2. The summed E-state index contributed by atoms with van der Waals surface area (Å²) in [5.74, 6) is 0.248. The van der Waals surface area contributed by atoms with Crippen molar-refractivity contribution in [2.75, 3.05) is 0 Å². The van der Waals surface area contributed by atoms with Crippen LogP contribution in [0, 0.1) is 11.7 Å². The lowest BCUT2D eigenvalue weighted by Crippen LogP contribution is -2.00. The third-order valence-electron chi connectivity index (χ3n) is 2.37. The van der Waals surface area contributed by atoms with E-state index in [0.29, 0.717) is 17.9 Å². The first-order valence-electron chi connectivity index (χ1n) is 5.38. The average Bonchev–Trinajstić information content (AvgIpc) is 2.17. The van der Waals surface area contributed by atoms with Crippen LogP contribution in [0.1, 0.15) is 44.8 Å². The van der Waals surface area contributed by atoms with Crippen molar-refractivity contribution in [3.05, 3.63) is 29.8 Å². The van der Waals surface area contributed by atoms with E-state index in [1.165, 1.54) is 12.3 Å². The molecule has 1 N–H and O–H groups in total. The second kappa shape index (κ2) is 5.81. The molecule has 0 spiro atoms. The zero-order valence-corrected chi connectivity index (χ0v) is 9.28. The molecule has 1 atom stereocenters. The Morgan fingerprint density at radius 3 is 2.67 bits per heavy atom. The van der Waals surface area contributed by atoms with Crippen molar-refractivity contribution in [3.63, 3.8) is 0 Å². The lowest BCUT2D eigenvalue weighted by Gasteiger charge is -2.11. The lowest BCUT2D eigenvalue weighted by molar-refractivity contribution is 0.161. The summed E-state index contributed by atoms with van der Waals surface area (Å²) in [7, 11) is 0. The van der Waals surface area contributed by atoms with E-state index < -0.39 is 11.9 Å². The molecule has 1 aromatic heterocycles. The molecular weight excluding hydrogens is 193 g/mol. The summed E-state index contributed by atoms with van der Waals surface area (Å²) >= 11 is 0. The summed E-state index contributed by atoms with van der Waals surface area (Å²) in [6.45, 7) is 4.30. The molecule has 84 valence electrons. The highest BCUT2D eigenvalue weighted by Gasteiger charge is 2.08. The molecule has 0 fully saturated rings. The van der Waals surface area contributed by atoms with Gasteiger partial charge in [-0.15, -0.1) is 0 Å². The number of rotatable bonds is 5. The van der Waals surface area contributed by atoms with Gasteiger partial charge in [0, 0.05) is 11.8 Å². The van der Waals surface area contributed by atoms with Gasteiger partial charge in [-0.1, -0.05) is 26.7 Å². The van der Waals surface area contributed by atoms with E-state index in [2.05, 4.69) is 18.8 Å². The van der Waals surface area contributed by atoms with E-state index in [9.17, 15) is 9.50 Å². The predicted molar refractivity (Wildman–Crippen MR) is 57.8 cm³/mol. The number of aliphatic hydroxyl groups is 1. The van der Waals surface area contributed by atoms with E-state index in [0.717, 1.165) is 19.0 Å². The fraction of sp³-hybridized carbons (Fsp3) is 0.583. The Morgan fingerprint density at radius 2 is 2.07 bits per heavy atom. The minimum absolute atomic E-state index is 0.393. The summed E-state index contributed by atoms with van der Waals surface area (Å²) in [5.41, 5.74) is 0.568. The van der Waals surface area contributed by atoms with E-state index in [1.807, 2.05) is 0 Å². The molecule has 0 amide bonds. The zero-order chi connectivity index (χ0) is 11.3. The van der Waals surface area contributed by atoms with Crippen LogP contribution in [0.3, 0.4) is 0 Å². The first-order chi connectivity index (χ1) is 7.09. The second-order valence-electron chi connectivity index (χ2n) is 4.28. The molecule has 3 heteroatoms. The molecular formula is C12H18FNO. The van der Waals surface area contributed by atoms with Crippen LogP contribution in [0.2, 0.25) is 0 Å². The average molecular weight is 211 g/mol. The molecule has 1 rings (SSSR count). The monoisotopic (exact) mass is 211 g/mol. The molecule has 0 aliphatic rings. The van der Waals surface area contributed by atoms with Gasteiger partial charge in [0.1, 0.15) is 5.82 Å². The van der Waals surface area contributed by atoms with E-state index in [-0.39, 0.29) is 0 Å². The Bertz CT molecular complexity index is 301. The third kappa shape index (κ3) is 4.38. The van der Waals surface area contributed by atoms with Crippen LogP contribution in [0.15, 0.2) is 18.5 Å². The number of halogens is 1. The first-order valence-corrected chi connectivity index (χ1v) is 5.38. The van der Waals surface area contributed by atoms with E-state index in [1.54, 1.807) is 0 Å². The van der Waals surface area contributed by atoms with Crippen LogP contribution >= 0.6 is 0 Å². The predicted octanol–water partition coefficient (Wildman–Crippen LogP) is 3.08. The highest BCUT2D eigenvalue weighted by atomic mass is 19.1. The number of pyridine rings is 1. The van der Waals surface area contributed by atoms with Gasteiger partial charge in [0.25, 0.3) is 0 Å². The largest absolute Gasteiger partial charge is 0.388 e. The smallest absolute Gasteiger partial charge is 0.141 e. The maximum atomic E-state index is 12.8. The molecule has 0 radical (unpaired) electrons. The fourth-order valence-corrected chi connectivity index (χ4v) is 1.50. The Labute approximate surface area is 90.2 Å². The summed E-state index contributed by atoms with van der Waals surface area (Å²) < 4.78 is 12.8. The zero-order valence-electron chi connectivity index (χ0n) is 9.28. The summed E-state index contributed by atoms with van der Waals surface area (Å²) in [4.78, 5) is 3.71. The van der Waals surface area contributed by atoms with Gasteiger partial charge < -0.3 is 5.11 Å². The van der Waals surface area contributed by atoms with Crippen molar-refractivity contribution in [1.29, 1.82) is 0 Å². The second-order valence-corrected chi connectivity index (χ2v) is 4.28. The minimum atomic E-state index is -0.591. The van der Waals surface area contributed by atoms with Gasteiger partial charge in [-0.05, 0) is 18.4 Å². The number of nitrogens with zero attached hydrogens (tertiary/aromatic N) is 1. The normalized spacial score (nSPS) is 13.1. The molecule has 2 nitrogen and oxygen atoms in total. The lowest BCUT2D eigenvalue weighted by atomic mass is 10.0. The molecule has 1 heterocycles. The van der Waals surface area contributed by atoms with Gasteiger partial charge in [0.2, 0.25) is 0 Å². The molecule has 0 bridgehead atoms. The van der Waals surface area contributed by atoms with Crippen LogP contribution in [0.5, 0.6) is 0 Å². The van der Waals surface area contributed by atoms with Gasteiger partial charge in [-0.2, -0.15) is 0 Å². The Morgan fingerprint density at radius 1 is 1.33 bits per heavy atom. The summed E-state index contributed by atoms with van der Waals surface area (Å²) in [6.07, 6.45) is 4.78. The van der Waals surface area contributed by atoms with Crippen LogP contribution in [-0.4, -0.2) is 10.1 Å². The molecule has 0 aliphatic heterocycles. The number of aromatic nitrogens is 1. The molecule has 0 aromatic carbocycles. The number of hydrogen-bond donors (Lipinski definition) is 1. The molecule has 1 unspecified atom stereocenters. The molecule has 0 saturated carbocycles. The topological polar surface area (TPSA) is 33.1 Å². The van der Waals surface area contributed by atoms with Crippen molar-refractivity contribution in [2.24, 2.45) is 5.92 Å². The van der Waals surface area contributed by atoms with Gasteiger partial charge in [-0.25, -0.2) is 4.39 Å². The van der Waals surface area contributed by atoms with Crippen LogP contribution in [0.25, 0.3) is 0 Å². The van der Waals surface area contributed by atoms with Crippen molar-refractivity contribution in [3.8, 4) is 0 Å². The van der Waals surface area contributed by atoms with Crippen molar-refractivity contribution in [2.45, 2.75) is 39.2 Å². The Hall–Kier alpha value is -0.960. The maximum absolute atomic E-state index is 12.8. The SMILES string of the molecule is CC(C)CCCC(O)c1cncc(F)c1. The van der Waals surface area contributed by atoms with Crippen molar-refractivity contribution in [1.82, 2.24) is 4.98 Å². The van der Waals surface area contributed by atoms with Gasteiger partial charge >= 0.3 is 0 Å². The Kier molecular flexibility index (Phi) is 4.69. The summed E-state index contributed by atoms with van der Waals surface area (Å²) in [5, 5.41) is 9.75. The van der Waals surface area contributed by atoms with Gasteiger partial charge in [-0.3, -0.25) is 4.98 Å². The molecule has 0 saturated heterocycles. The quantitative estimate of drug-likeness (QED) is 0.811. The van der Waals surface area contributed by atoms with Gasteiger partial charge in [0.05, 0.1) is 12.3 Å². The molecule has 0 aliphatic carbocycles. The highest BCUT2D eigenvalue weighted by molar-refractivity contribution is 5.12. The standard InChI is InChI=1S/C12H18FNO/c1-9(2)4-3-5-12(15)10-6-11(13)8-14-7-10/h6-9,12,15H,3-5H2,1-2H3. The van der Waals surface area contributed by atoms with E-state index >= 15 is 0 Å². The van der Waals surface area contributed by atoms with Crippen molar-refractivity contribution < 1.29 is 9.50 Å². The van der Waals surface area contributed by atoms with E-state index in [4.69, 9.17) is 0 Å². The molecule has 15 heavy (non-hydrogen) atoms. The van der Waals surface area contributed by atoms with Crippen molar-refractivity contribution >= 4 is 0 Å². The Balaban J connectivity index is 2.43. The third-order valence-corrected chi connectivity index (χ3v) is 2.37. The van der Waals surface area contributed by atoms with Gasteiger partial charge in [0.15, 0.2) is 0 Å². The number of aliphatic hydroxyl groups excluding tert-OH is 1. The minimum Gasteiger partial charge on any atom is -0.388 e. The van der Waals surface area contributed by atoms with Crippen LogP contribution in [-0.2, 0) is 0 Å². The first kappa shape index (κ1) is 12.1.